The van der Waals surface area contributed by atoms with Gasteiger partial charge >= 0.3 is 0 Å². The molecule has 0 radical (unpaired) electrons. The summed E-state index contributed by atoms with van der Waals surface area (Å²) in [4.78, 5) is 0.159. The molecule has 22 heavy (non-hydrogen) atoms. The van der Waals surface area contributed by atoms with Crippen molar-refractivity contribution in [3.8, 4) is 0 Å². The Morgan fingerprint density at radius 3 is 2.18 bits per heavy atom. The van der Waals surface area contributed by atoms with E-state index in [1.807, 2.05) is 6.08 Å². The largest absolute Gasteiger partial charge is 0.313 e. The molecule has 2 rings (SSSR count). The van der Waals surface area contributed by atoms with Crippen LogP contribution in [0.2, 0.25) is 0 Å². The highest BCUT2D eigenvalue weighted by Crippen LogP contribution is 2.14. The average Bonchev–Trinajstić information content (AvgIpc) is 2.46. The van der Waals surface area contributed by atoms with Gasteiger partial charge in [-0.05, 0) is 37.2 Å². The van der Waals surface area contributed by atoms with Gasteiger partial charge in [0, 0.05) is 19.3 Å². The summed E-state index contributed by atoms with van der Waals surface area (Å²) in [5, 5.41) is 3.15. The zero-order valence-electron chi connectivity index (χ0n) is 12.1. The Labute approximate surface area is 137 Å². The standard InChI is InChI=1S/C13H18N2O4S2.ClH/c1-20(16,17)12-2-4-13(5-3-12)21(18,19)15-10-11-6-8-14-9-7-11;/h2-6,14-15H,7-10H2,1H3;1H. The van der Waals surface area contributed by atoms with Crippen molar-refractivity contribution >= 4 is 32.3 Å². The van der Waals surface area contributed by atoms with Crippen molar-refractivity contribution in [1.82, 2.24) is 10.0 Å². The number of rotatable bonds is 5. The first kappa shape index (κ1) is 19.1. The summed E-state index contributed by atoms with van der Waals surface area (Å²) in [5.41, 5.74) is 1.05. The lowest BCUT2D eigenvalue weighted by Crippen LogP contribution is -2.29. The lowest BCUT2D eigenvalue weighted by Gasteiger charge is -2.14. The second-order valence-electron chi connectivity index (χ2n) is 4.88. The topological polar surface area (TPSA) is 92.3 Å². The van der Waals surface area contributed by atoms with E-state index in [4.69, 9.17) is 0 Å². The van der Waals surface area contributed by atoms with Gasteiger partial charge in [-0.2, -0.15) is 0 Å². The van der Waals surface area contributed by atoms with Gasteiger partial charge in [-0.25, -0.2) is 21.6 Å². The van der Waals surface area contributed by atoms with Crippen LogP contribution in [0.15, 0.2) is 45.7 Å². The molecule has 124 valence electrons. The van der Waals surface area contributed by atoms with E-state index >= 15 is 0 Å². The Bertz CT molecular complexity index is 741. The highest BCUT2D eigenvalue weighted by atomic mass is 35.5. The van der Waals surface area contributed by atoms with Crippen molar-refractivity contribution in [2.45, 2.75) is 16.2 Å². The summed E-state index contributed by atoms with van der Waals surface area (Å²) < 4.78 is 49.5. The van der Waals surface area contributed by atoms with Crippen LogP contribution in [0.5, 0.6) is 0 Å². The van der Waals surface area contributed by atoms with Gasteiger partial charge in [0.25, 0.3) is 0 Å². The van der Waals surface area contributed by atoms with E-state index in [2.05, 4.69) is 10.0 Å². The molecule has 0 aromatic heterocycles. The molecule has 0 aliphatic carbocycles. The number of sulfonamides is 1. The monoisotopic (exact) mass is 366 g/mol. The fourth-order valence-corrected chi connectivity index (χ4v) is 3.63. The smallest absolute Gasteiger partial charge is 0.240 e. The first-order valence-electron chi connectivity index (χ1n) is 6.47. The number of hydrogen-bond acceptors (Lipinski definition) is 5. The average molecular weight is 367 g/mol. The fourth-order valence-electron chi connectivity index (χ4n) is 1.97. The van der Waals surface area contributed by atoms with Crippen molar-refractivity contribution in [2.24, 2.45) is 0 Å². The van der Waals surface area contributed by atoms with Crippen molar-refractivity contribution in [3.05, 3.63) is 35.9 Å². The molecule has 0 fully saturated rings. The zero-order chi connectivity index (χ0) is 15.5. The Morgan fingerprint density at radius 1 is 1.09 bits per heavy atom. The first-order valence-corrected chi connectivity index (χ1v) is 9.85. The van der Waals surface area contributed by atoms with E-state index < -0.39 is 19.9 Å². The Balaban J connectivity index is 0.00000242. The zero-order valence-corrected chi connectivity index (χ0v) is 14.5. The lowest BCUT2D eigenvalue weighted by molar-refractivity contribution is 0.581. The fraction of sp³-hybridized carbons (Fsp3) is 0.385. The molecule has 0 amide bonds. The summed E-state index contributed by atoms with van der Waals surface area (Å²) in [6.07, 6.45) is 3.87. The van der Waals surface area contributed by atoms with Gasteiger partial charge in [-0.1, -0.05) is 11.6 Å². The third-order valence-corrected chi connectivity index (χ3v) is 5.76. The molecule has 1 aromatic rings. The van der Waals surface area contributed by atoms with Gasteiger partial charge in [0.15, 0.2) is 9.84 Å². The maximum absolute atomic E-state index is 12.1. The van der Waals surface area contributed by atoms with Crippen molar-refractivity contribution in [1.29, 1.82) is 0 Å². The van der Waals surface area contributed by atoms with Crippen LogP contribution in [0.25, 0.3) is 0 Å². The van der Waals surface area contributed by atoms with Crippen LogP contribution in [0.3, 0.4) is 0 Å². The van der Waals surface area contributed by atoms with E-state index in [0.29, 0.717) is 0 Å². The molecule has 0 bridgehead atoms. The Kier molecular flexibility index (Phi) is 6.57. The number of sulfone groups is 1. The van der Waals surface area contributed by atoms with Gasteiger partial charge in [-0.3, -0.25) is 0 Å². The summed E-state index contributed by atoms with van der Waals surface area (Å²) in [6.45, 7) is 1.87. The molecule has 0 saturated carbocycles. The van der Waals surface area contributed by atoms with Crippen molar-refractivity contribution in [3.63, 3.8) is 0 Å². The number of nitrogens with one attached hydrogen (secondary N) is 2. The summed E-state index contributed by atoms with van der Waals surface area (Å²) in [7, 11) is -6.95. The van der Waals surface area contributed by atoms with E-state index in [1.165, 1.54) is 24.3 Å². The van der Waals surface area contributed by atoms with Crippen molar-refractivity contribution < 1.29 is 16.8 Å². The minimum Gasteiger partial charge on any atom is -0.313 e. The second kappa shape index (κ2) is 7.56. The quantitative estimate of drug-likeness (QED) is 0.749. The number of hydrogen-bond donors (Lipinski definition) is 2. The van der Waals surface area contributed by atoms with E-state index in [9.17, 15) is 16.8 Å². The first-order chi connectivity index (χ1) is 9.79. The van der Waals surface area contributed by atoms with Crippen LogP contribution in [0.1, 0.15) is 6.42 Å². The van der Waals surface area contributed by atoms with Crippen molar-refractivity contribution in [2.75, 3.05) is 25.9 Å². The molecule has 2 N–H and O–H groups in total. The molecule has 1 aliphatic rings. The van der Waals surface area contributed by atoms with Gasteiger partial charge in [-0.15, -0.1) is 12.4 Å². The lowest BCUT2D eigenvalue weighted by atomic mass is 10.1. The van der Waals surface area contributed by atoms with Gasteiger partial charge in [0.05, 0.1) is 9.79 Å². The maximum atomic E-state index is 12.1. The summed E-state index contributed by atoms with van der Waals surface area (Å²) in [5.74, 6) is 0. The summed E-state index contributed by atoms with van der Waals surface area (Å²) >= 11 is 0. The molecule has 0 saturated heterocycles. The number of halogens is 1. The summed E-state index contributed by atoms with van der Waals surface area (Å²) in [6, 6.07) is 5.20. The highest BCUT2D eigenvalue weighted by molar-refractivity contribution is 7.90. The predicted molar refractivity (Wildman–Crippen MR) is 87.6 cm³/mol. The molecule has 1 aromatic carbocycles. The van der Waals surface area contributed by atoms with Crippen LogP contribution in [0.4, 0.5) is 0 Å². The minimum atomic E-state index is -3.63. The van der Waals surface area contributed by atoms with Crippen LogP contribution in [-0.4, -0.2) is 42.7 Å². The minimum absolute atomic E-state index is 0. The molecule has 1 heterocycles. The third-order valence-electron chi connectivity index (χ3n) is 3.21. The maximum Gasteiger partial charge on any atom is 0.240 e. The van der Waals surface area contributed by atoms with E-state index in [0.717, 1.165) is 31.3 Å². The van der Waals surface area contributed by atoms with Crippen LogP contribution < -0.4 is 10.0 Å². The van der Waals surface area contributed by atoms with Crippen LogP contribution >= 0.6 is 12.4 Å². The molecule has 0 unspecified atom stereocenters. The Hall–Kier alpha value is -0.930. The normalized spacial score (nSPS) is 15.8. The van der Waals surface area contributed by atoms with E-state index in [-0.39, 0.29) is 28.7 Å². The molecule has 1 aliphatic heterocycles. The number of benzene rings is 1. The van der Waals surface area contributed by atoms with Gasteiger partial charge in [0.1, 0.15) is 0 Å². The third kappa shape index (κ3) is 5.06. The predicted octanol–water partition coefficient (Wildman–Crippen LogP) is 0.710. The SMILES string of the molecule is CS(=O)(=O)c1ccc(S(=O)(=O)NCC2=CCNCC2)cc1.Cl. The molecule has 0 atom stereocenters. The molecular weight excluding hydrogens is 348 g/mol. The molecule has 9 heteroatoms. The Morgan fingerprint density at radius 2 is 1.68 bits per heavy atom. The highest BCUT2D eigenvalue weighted by Gasteiger charge is 2.16. The molecular formula is C13H19ClN2O4S2. The van der Waals surface area contributed by atoms with Gasteiger partial charge in [0.2, 0.25) is 10.0 Å². The van der Waals surface area contributed by atoms with Crippen LogP contribution in [0, 0.1) is 0 Å². The van der Waals surface area contributed by atoms with Crippen LogP contribution in [-0.2, 0) is 19.9 Å². The molecule has 6 nitrogen and oxygen atoms in total. The van der Waals surface area contributed by atoms with Gasteiger partial charge < -0.3 is 5.32 Å². The van der Waals surface area contributed by atoms with E-state index in [1.54, 1.807) is 0 Å². The second-order valence-corrected chi connectivity index (χ2v) is 8.67. The molecule has 0 spiro atoms.